The van der Waals surface area contributed by atoms with Gasteiger partial charge in [-0.15, -0.1) is 0 Å². The Morgan fingerprint density at radius 2 is 0.929 bits per heavy atom. The van der Waals surface area contributed by atoms with Crippen molar-refractivity contribution in [3.63, 3.8) is 0 Å². The zero-order chi connectivity index (χ0) is 30.7. The van der Waals surface area contributed by atoms with Gasteiger partial charge in [-0.2, -0.15) is 10.2 Å². The van der Waals surface area contributed by atoms with Crippen LogP contribution in [0, 0.1) is 0 Å². The van der Waals surface area contributed by atoms with Gasteiger partial charge < -0.3 is 5.11 Å². The number of carbonyl (C=O) groups is 2. The molecule has 42 heavy (non-hydrogen) atoms. The van der Waals surface area contributed by atoms with E-state index < -0.39 is 0 Å². The molecule has 7 nitrogen and oxygen atoms in total. The van der Waals surface area contributed by atoms with Crippen LogP contribution in [0.3, 0.4) is 0 Å². The number of rotatable bonds is 26. The van der Waals surface area contributed by atoms with Crippen LogP contribution in [0.25, 0.3) is 0 Å². The summed E-state index contributed by atoms with van der Waals surface area (Å²) in [7, 11) is 0. The van der Waals surface area contributed by atoms with E-state index in [1.54, 1.807) is 12.1 Å². The highest BCUT2D eigenvalue weighted by molar-refractivity contribution is 9.10. The maximum Gasteiger partial charge on any atom is 0.240 e. The summed E-state index contributed by atoms with van der Waals surface area (Å²) in [6, 6.07) is 3.41. The minimum absolute atomic E-state index is 0.0291. The van der Waals surface area contributed by atoms with E-state index in [1.165, 1.54) is 115 Å². The fraction of sp³-hybridized carbons (Fsp3) is 0.706. The second kappa shape index (κ2) is 26.4. The lowest BCUT2D eigenvalue weighted by Gasteiger charge is -2.05. The second-order valence-corrected chi connectivity index (χ2v) is 12.3. The first kappa shape index (κ1) is 37.8. The fourth-order valence-corrected chi connectivity index (χ4v) is 5.34. The molecule has 0 heterocycles. The summed E-state index contributed by atoms with van der Waals surface area (Å²) < 4.78 is 0.719. The first-order valence-electron chi connectivity index (χ1n) is 16.6. The Hall–Kier alpha value is -2.22. The third kappa shape index (κ3) is 20.6. The Morgan fingerprint density at radius 1 is 0.619 bits per heavy atom. The maximum atomic E-state index is 12.1. The molecule has 1 rings (SSSR count). The number of hydrogen-bond acceptors (Lipinski definition) is 5. The predicted octanol–water partition coefficient (Wildman–Crippen LogP) is 9.68. The minimum atomic E-state index is -0.132. The van der Waals surface area contributed by atoms with E-state index in [1.807, 2.05) is 0 Å². The van der Waals surface area contributed by atoms with Crippen LogP contribution in [-0.2, 0) is 9.59 Å². The summed E-state index contributed by atoms with van der Waals surface area (Å²) in [6.07, 6.45) is 28.2. The Labute approximate surface area is 263 Å². The van der Waals surface area contributed by atoms with E-state index in [0.29, 0.717) is 24.0 Å². The van der Waals surface area contributed by atoms with Gasteiger partial charge in [-0.25, -0.2) is 10.9 Å². The summed E-state index contributed by atoms with van der Waals surface area (Å²) in [5, 5.41) is 18.7. The standard InChI is InChI=1S/C34H57BrN4O3/c1-3-5-7-9-11-13-15-17-19-21-23-32(40)38-36-27-29-25-31(35)26-30(34(29)42)28-37-39-33(41)24-22-20-18-16-14-12-10-8-6-4-2/h25-28,42H,3-24H2,1-2H3,(H,38,40)(H,39,41). The van der Waals surface area contributed by atoms with Crippen molar-refractivity contribution in [3.05, 3.63) is 27.7 Å². The van der Waals surface area contributed by atoms with Crippen molar-refractivity contribution in [1.82, 2.24) is 10.9 Å². The van der Waals surface area contributed by atoms with E-state index in [0.717, 1.165) is 30.2 Å². The molecule has 0 aliphatic rings. The molecule has 2 amide bonds. The first-order chi connectivity index (χ1) is 20.5. The molecule has 0 spiro atoms. The lowest BCUT2D eigenvalue weighted by Crippen LogP contribution is -2.17. The van der Waals surface area contributed by atoms with Crippen LogP contribution >= 0.6 is 15.9 Å². The van der Waals surface area contributed by atoms with Crippen LogP contribution in [0.5, 0.6) is 5.75 Å². The number of phenolic OH excluding ortho intramolecular Hbond substituents is 1. The molecule has 0 saturated carbocycles. The molecule has 0 radical (unpaired) electrons. The molecular formula is C34H57BrN4O3. The third-order valence-electron chi connectivity index (χ3n) is 7.43. The van der Waals surface area contributed by atoms with E-state index in [9.17, 15) is 14.7 Å². The summed E-state index contributed by atoms with van der Waals surface area (Å²) in [6.45, 7) is 4.48. The average molecular weight is 650 g/mol. The summed E-state index contributed by atoms with van der Waals surface area (Å²) >= 11 is 3.43. The predicted molar refractivity (Wildman–Crippen MR) is 180 cm³/mol. The maximum absolute atomic E-state index is 12.1. The van der Waals surface area contributed by atoms with Gasteiger partial charge in [0, 0.05) is 28.4 Å². The van der Waals surface area contributed by atoms with Gasteiger partial charge in [0.15, 0.2) is 0 Å². The number of amides is 2. The quantitative estimate of drug-likeness (QED) is 0.0529. The monoisotopic (exact) mass is 648 g/mol. The SMILES string of the molecule is CCCCCCCCCCCCC(=O)NN=Cc1cc(Br)cc(C=NNC(=O)CCCCCCCCCCCC)c1O. The number of nitrogens with zero attached hydrogens (tertiary/aromatic N) is 2. The highest BCUT2D eigenvalue weighted by Crippen LogP contribution is 2.25. The second-order valence-electron chi connectivity index (χ2n) is 11.4. The molecule has 0 aromatic heterocycles. The number of aromatic hydroxyl groups is 1. The molecule has 0 aliphatic carbocycles. The lowest BCUT2D eigenvalue weighted by atomic mass is 10.1. The number of nitrogens with one attached hydrogen (secondary N) is 2. The Balaban J connectivity index is 2.27. The van der Waals surface area contributed by atoms with Crippen molar-refractivity contribution in [3.8, 4) is 5.75 Å². The molecule has 238 valence electrons. The summed E-state index contributed by atoms with van der Waals surface area (Å²) in [4.78, 5) is 24.2. The molecule has 0 fully saturated rings. The highest BCUT2D eigenvalue weighted by atomic mass is 79.9. The normalized spacial score (nSPS) is 11.5. The zero-order valence-corrected chi connectivity index (χ0v) is 28.0. The smallest absolute Gasteiger partial charge is 0.240 e. The van der Waals surface area contributed by atoms with Gasteiger partial charge in [0.25, 0.3) is 0 Å². The van der Waals surface area contributed by atoms with Gasteiger partial charge in [0.1, 0.15) is 5.75 Å². The van der Waals surface area contributed by atoms with E-state index >= 15 is 0 Å². The highest BCUT2D eigenvalue weighted by Gasteiger charge is 2.08. The lowest BCUT2D eigenvalue weighted by molar-refractivity contribution is -0.122. The minimum Gasteiger partial charge on any atom is -0.507 e. The van der Waals surface area contributed by atoms with Crippen molar-refractivity contribution in [2.75, 3.05) is 0 Å². The van der Waals surface area contributed by atoms with Crippen LogP contribution < -0.4 is 10.9 Å². The molecule has 3 N–H and O–H groups in total. The number of hydrogen-bond donors (Lipinski definition) is 3. The Bertz CT molecular complexity index is 851. The molecule has 0 aliphatic heterocycles. The van der Waals surface area contributed by atoms with Crippen LogP contribution in [0.1, 0.15) is 166 Å². The molecular weight excluding hydrogens is 592 g/mol. The average Bonchev–Trinajstić information content (AvgIpc) is 2.97. The van der Waals surface area contributed by atoms with Crippen molar-refractivity contribution in [1.29, 1.82) is 0 Å². The van der Waals surface area contributed by atoms with Crippen LogP contribution in [-0.4, -0.2) is 29.4 Å². The fourth-order valence-electron chi connectivity index (χ4n) is 4.84. The molecule has 8 heteroatoms. The number of benzene rings is 1. The van der Waals surface area contributed by atoms with Crippen molar-refractivity contribution in [2.45, 2.75) is 155 Å². The Morgan fingerprint density at radius 3 is 1.26 bits per heavy atom. The van der Waals surface area contributed by atoms with Gasteiger partial charge in [0.05, 0.1) is 12.4 Å². The topological polar surface area (TPSA) is 103 Å². The number of halogens is 1. The summed E-state index contributed by atoms with van der Waals surface area (Å²) in [5.74, 6) is -0.294. The first-order valence-corrected chi connectivity index (χ1v) is 17.4. The molecule has 0 bridgehead atoms. The van der Waals surface area contributed by atoms with Crippen molar-refractivity contribution >= 4 is 40.2 Å². The van der Waals surface area contributed by atoms with E-state index in [-0.39, 0.29) is 17.6 Å². The zero-order valence-electron chi connectivity index (χ0n) is 26.4. The molecule has 1 aromatic rings. The number of carbonyl (C=O) groups excluding carboxylic acids is 2. The van der Waals surface area contributed by atoms with E-state index in [2.05, 4.69) is 50.8 Å². The molecule has 0 unspecified atom stereocenters. The van der Waals surface area contributed by atoms with Crippen molar-refractivity contribution in [2.24, 2.45) is 10.2 Å². The van der Waals surface area contributed by atoms with Crippen LogP contribution in [0.2, 0.25) is 0 Å². The van der Waals surface area contributed by atoms with Gasteiger partial charge in [-0.1, -0.05) is 145 Å². The summed E-state index contributed by atoms with van der Waals surface area (Å²) in [5.41, 5.74) is 5.95. The van der Waals surface area contributed by atoms with E-state index in [4.69, 9.17) is 0 Å². The van der Waals surface area contributed by atoms with Gasteiger partial charge >= 0.3 is 0 Å². The van der Waals surface area contributed by atoms with Crippen molar-refractivity contribution < 1.29 is 14.7 Å². The molecule has 0 atom stereocenters. The van der Waals surface area contributed by atoms with Gasteiger partial charge in [-0.3, -0.25) is 9.59 Å². The van der Waals surface area contributed by atoms with Crippen LogP contribution in [0.4, 0.5) is 0 Å². The number of unbranched alkanes of at least 4 members (excludes halogenated alkanes) is 18. The van der Waals surface area contributed by atoms with Gasteiger partial charge in [-0.05, 0) is 25.0 Å². The molecule has 0 saturated heterocycles. The Kier molecular flexibility index (Phi) is 23.8. The third-order valence-corrected chi connectivity index (χ3v) is 7.89. The number of hydrazone groups is 2. The van der Waals surface area contributed by atoms with Crippen LogP contribution in [0.15, 0.2) is 26.8 Å². The van der Waals surface area contributed by atoms with Gasteiger partial charge in [0.2, 0.25) is 11.8 Å². The molecule has 1 aromatic carbocycles. The number of phenols is 1. The largest absolute Gasteiger partial charge is 0.507 e.